The van der Waals surface area contributed by atoms with Gasteiger partial charge in [-0.2, -0.15) is 10.2 Å². The summed E-state index contributed by atoms with van der Waals surface area (Å²) >= 11 is 3.06. The van der Waals surface area contributed by atoms with E-state index in [-0.39, 0.29) is 11.6 Å². The topological polar surface area (TPSA) is 72.3 Å². The third-order valence-electron chi connectivity index (χ3n) is 2.99. The van der Waals surface area contributed by atoms with E-state index in [1.54, 1.807) is 23.3 Å². The van der Waals surface area contributed by atoms with E-state index in [0.29, 0.717) is 10.2 Å². The van der Waals surface area contributed by atoms with Gasteiger partial charge in [-0.1, -0.05) is 0 Å². The van der Waals surface area contributed by atoms with Gasteiger partial charge in [-0.3, -0.25) is 15.1 Å². The molecule has 0 aliphatic heterocycles. The Morgan fingerprint density at radius 1 is 0.963 bits per heavy atom. The van der Waals surface area contributed by atoms with Crippen molar-refractivity contribution in [1.82, 2.24) is 29.9 Å². The molecule has 0 atom stereocenters. The molecule has 4 aromatic heterocycles. The van der Waals surface area contributed by atoms with Gasteiger partial charge in [0.05, 0.1) is 30.0 Å². The molecule has 140 valence electrons. The predicted molar refractivity (Wildman–Crippen MR) is 101 cm³/mol. The molecular weight excluding hydrogens is 418 g/mol. The van der Waals surface area contributed by atoms with E-state index in [9.17, 15) is 8.78 Å². The van der Waals surface area contributed by atoms with E-state index in [4.69, 9.17) is 0 Å². The first-order chi connectivity index (χ1) is 12.9. The van der Waals surface area contributed by atoms with Crippen LogP contribution in [0.3, 0.4) is 0 Å². The van der Waals surface area contributed by atoms with E-state index >= 15 is 0 Å². The van der Waals surface area contributed by atoms with Crippen molar-refractivity contribution in [2.75, 3.05) is 0 Å². The molecule has 4 rings (SSSR count). The maximum Gasteiger partial charge on any atom is 0.143 e. The molecule has 0 saturated carbocycles. The zero-order valence-electron chi connectivity index (χ0n) is 14.6. The van der Waals surface area contributed by atoms with E-state index < -0.39 is 0 Å². The lowest BCUT2D eigenvalue weighted by molar-refractivity contribution is 0.618. The molecule has 0 unspecified atom stereocenters. The van der Waals surface area contributed by atoms with Crippen molar-refractivity contribution in [2.24, 2.45) is 0 Å². The summed E-state index contributed by atoms with van der Waals surface area (Å²) in [6.45, 7) is 3.84. The lowest BCUT2D eigenvalue weighted by Gasteiger charge is -1.99. The van der Waals surface area contributed by atoms with Crippen LogP contribution in [0.15, 0.2) is 65.9 Å². The number of hydrogen-bond acceptors (Lipinski definition) is 4. The molecule has 0 bridgehead atoms. The summed E-state index contributed by atoms with van der Waals surface area (Å²) in [4.78, 5) is 7.30. The van der Waals surface area contributed by atoms with Crippen LogP contribution in [0.4, 0.5) is 8.78 Å². The number of aryl methyl sites for hydroxylation is 2. The van der Waals surface area contributed by atoms with Crippen LogP contribution in [-0.4, -0.2) is 29.9 Å². The third kappa shape index (κ3) is 7.45. The highest BCUT2D eigenvalue weighted by atomic mass is 79.9. The van der Waals surface area contributed by atoms with Gasteiger partial charge in [0.25, 0.3) is 0 Å². The summed E-state index contributed by atoms with van der Waals surface area (Å²) in [5.74, 6) is -0.676. The monoisotopic (exact) mass is 434 g/mol. The van der Waals surface area contributed by atoms with Crippen LogP contribution in [-0.2, 0) is 0 Å². The van der Waals surface area contributed by atoms with E-state index in [1.807, 2.05) is 26.0 Å². The Kier molecular flexibility index (Phi) is 7.75. The molecule has 0 saturated heterocycles. The molecule has 0 spiro atoms. The van der Waals surface area contributed by atoms with E-state index in [2.05, 4.69) is 41.2 Å². The summed E-state index contributed by atoms with van der Waals surface area (Å²) < 4.78 is 27.1. The fourth-order valence-corrected chi connectivity index (χ4v) is 2.13. The number of H-pyrrole nitrogens is 1. The van der Waals surface area contributed by atoms with Gasteiger partial charge in [0.2, 0.25) is 0 Å². The molecule has 4 heterocycles. The third-order valence-corrected chi connectivity index (χ3v) is 3.42. The Morgan fingerprint density at radius 3 is 2.07 bits per heavy atom. The molecule has 0 aliphatic carbocycles. The second-order valence-corrected chi connectivity index (χ2v) is 6.24. The minimum absolute atomic E-state index is 0.320. The van der Waals surface area contributed by atoms with Crippen LogP contribution < -0.4 is 0 Å². The highest BCUT2D eigenvalue weighted by Gasteiger charge is 1.99. The summed E-state index contributed by atoms with van der Waals surface area (Å²) in [5.41, 5.74) is 2.63. The molecule has 9 heteroatoms. The first-order valence-electron chi connectivity index (χ1n) is 7.79. The van der Waals surface area contributed by atoms with Crippen LogP contribution >= 0.6 is 15.9 Å². The van der Waals surface area contributed by atoms with Gasteiger partial charge < -0.3 is 0 Å². The fraction of sp³-hybridized carbons (Fsp3) is 0.111. The zero-order chi connectivity index (χ0) is 19.6. The lowest BCUT2D eigenvalue weighted by Crippen LogP contribution is -1.96. The van der Waals surface area contributed by atoms with Gasteiger partial charge in [-0.05, 0) is 48.0 Å². The smallest absolute Gasteiger partial charge is 0.143 e. The number of aromatic nitrogens is 6. The average molecular weight is 435 g/mol. The molecule has 6 nitrogen and oxygen atoms in total. The van der Waals surface area contributed by atoms with E-state index in [0.717, 1.165) is 17.6 Å². The van der Waals surface area contributed by atoms with Crippen LogP contribution in [0.1, 0.15) is 11.4 Å². The summed E-state index contributed by atoms with van der Waals surface area (Å²) in [6.07, 6.45) is 8.92. The van der Waals surface area contributed by atoms with Gasteiger partial charge in [-0.25, -0.2) is 13.5 Å². The van der Waals surface area contributed by atoms with Crippen LogP contribution in [0.5, 0.6) is 0 Å². The number of hydrogen-bond donors (Lipinski definition) is 1. The Hall–Kier alpha value is -2.94. The van der Waals surface area contributed by atoms with Crippen LogP contribution in [0.25, 0.3) is 5.69 Å². The van der Waals surface area contributed by atoms with Crippen molar-refractivity contribution in [1.29, 1.82) is 0 Å². The Bertz CT molecular complexity index is 939. The summed E-state index contributed by atoms with van der Waals surface area (Å²) in [6, 6.07) is 6.51. The van der Waals surface area contributed by atoms with Crippen LogP contribution in [0, 0.1) is 25.5 Å². The molecule has 27 heavy (non-hydrogen) atoms. The van der Waals surface area contributed by atoms with Crippen LogP contribution in [0.2, 0.25) is 0 Å². The molecule has 0 aromatic carbocycles. The molecule has 0 fully saturated rings. The lowest BCUT2D eigenvalue weighted by atomic mass is 10.4. The summed E-state index contributed by atoms with van der Waals surface area (Å²) in [7, 11) is 0. The second kappa shape index (κ2) is 10.3. The number of halogens is 3. The number of nitrogens with one attached hydrogen (secondary N) is 1. The minimum atomic E-state index is -0.356. The van der Waals surface area contributed by atoms with Crippen molar-refractivity contribution in [3.05, 3.63) is 88.9 Å². The zero-order valence-corrected chi connectivity index (χ0v) is 16.2. The van der Waals surface area contributed by atoms with Crippen molar-refractivity contribution in [3.63, 3.8) is 0 Å². The van der Waals surface area contributed by atoms with Crippen molar-refractivity contribution >= 4 is 15.9 Å². The number of rotatable bonds is 1. The fourth-order valence-electron chi connectivity index (χ4n) is 1.80. The van der Waals surface area contributed by atoms with Gasteiger partial charge in [0.15, 0.2) is 0 Å². The SMILES string of the molecule is Cc1ccn(-c2cncc(F)c2)n1.Cc1ccn[nH]1.Fc1cncc(Br)c1. The minimum Gasteiger partial charge on any atom is -0.283 e. The van der Waals surface area contributed by atoms with Gasteiger partial charge >= 0.3 is 0 Å². The molecule has 0 radical (unpaired) electrons. The highest BCUT2D eigenvalue weighted by Crippen LogP contribution is 2.07. The number of pyridine rings is 2. The average Bonchev–Trinajstić information content (AvgIpc) is 3.27. The normalized spacial score (nSPS) is 9.67. The molecule has 1 N–H and O–H groups in total. The molecule has 0 amide bonds. The largest absolute Gasteiger partial charge is 0.283 e. The Morgan fingerprint density at radius 2 is 1.67 bits per heavy atom. The highest BCUT2D eigenvalue weighted by molar-refractivity contribution is 9.10. The van der Waals surface area contributed by atoms with Crippen molar-refractivity contribution in [2.45, 2.75) is 13.8 Å². The van der Waals surface area contributed by atoms with E-state index in [1.165, 1.54) is 24.5 Å². The number of aromatic amines is 1. The molecular formula is C18H17BrF2N6. The predicted octanol–water partition coefficient (Wildman–Crippen LogP) is 4.42. The Labute approximate surface area is 163 Å². The maximum atomic E-state index is 12.8. The van der Waals surface area contributed by atoms with Gasteiger partial charge in [-0.15, -0.1) is 0 Å². The summed E-state index contributed by atoms with van der Waals surface area (Å²) in [5, 5.41) is 10.6. The Balaban J connectivity index is 0.000000159. The standard InChI is InChI=1S/C9H8FN3.C5H3BrFN.C4H6N2/c1-7-2-3-13(12-7)9-4-8(10)5-11-6-9;6-4-1-5(7)3-8-2-4;1-4-2-3-5-6-4/h2-6H,1H3;1-3H;2-3H,1H3,(H,5,6). The quantitative estimate of drug-likeness (QED) is 0.481. The van der Waals surface area contributed by atoms with Crippen molar-refractivity contribution in [3.8, 4) is 5.69 Å². The molecule has 4 aromatic rings. The first-order valence-corrected chi connectivity index (χ1v) is 8.58. The van der Waals surface area contributed by atoms with Gasteiger partial charge in [0, 0.05) is 34.8 Å². The number of nitrogens with zero attached hydrogens (tertiary/aromatic N) is 5. The maximum absolute atomic E-state index is 12.8. The van der Waals surface area contributed by atoms with Gasteiger partial charge in [0.1, 0.15) is 11.6 Å². The molecule has 0 aliphatic rings. The van der Waals surface area contributed by atoms with Crippen molar-refractivity contribution < 1.29 is 8.78 Å². The first kappa shape index (κ1) is 20.4. The second-order valence-electron chi connectivity index (χ2n) is 5.32.